The number of para-hydroxylation sites is 1. The number of hydrogen-bond donors (Lipinski definition) is 3. The smallest absolute Gasteiger partial charge is 0.203 e. The van der Waals surface area contributed by atoms with Gasteiger partial charge in [-0.1, -0.05) is 42.5 Å². The van der Waals surface area contributed by atoms with E-state index in [9.17, 15) is 15.3 Å². The molecule has 0 spiro atoms. The molecule has 0 atom stereocenters. The summed E-state index contributed by atoms with van der Waals surface area (Å²) < 4.78 is 18.1. The van der Waals surface area contributed by atoms with Crippen LogP contribution >= 0.6 is 0 Å². The van der Waals surface area contributed by atoms with E-state index in [4.69, 9.17) is 14.2 Å². The summed E-state index contributed by atoms with van der Waals surface area (Å²) in [6, 6.07) is 25.9. The third-order valence-corrected chi connectivity index (χ3v) is 4.85. The Bertz CT molecular complexity index is 1150. The second-order valence-corrected chi connectivity index (χ2v) is 7.46. The minimum absolute atomic E-state index is 0.157. The van der Waals surface area contributed by atoms with Crippen molar-refractivity contribution >= 4 is 0 Å². The van der Waals surface area contributed by atoms with Crippen LogP contribution in [0, 0.1) is 0 Å². The summed E-state index contributed by atoms with van der Waals surface area (Å²) in [6.07, 6.45) is 0. The number of benzene rings is 4. The molecule has 0 heterocycles. The van der Waals surface area contributed by atoms with Gasteiger partial charge < -0.3 is 29.5 Å². The molecule has 4 rings (SSSR count). The first-order chi connectivity index (χ1) is 16.1. The molecule has 6 heteroatoms. The monoisotopic (exact) mass is 444 g/mol. The van der Waals surface area contributed by atoms with Gasteiger partial charge in [-0.2, -0.15) is 0 Å². The van der Waals surface area contributed by atoms with Crippen LogP contribution < -0.4 is 14.2 Å². The summed E-state index contributed by atoms with van der Waals surface area (Å²) in [4.78, 5) is 0. The van der Waals surface area contributed by atoms with Crippen molar-refractivity contribution in [2.45, 2.75) is 19.8 Å². The zero-order valence-electron chi connectivity index (χ0n) is 17.8. The van der Waals surface area contributed by atoms with Crippen molar-refractivity contribution in [1.29, 1.82) is 0 Å². The first kappa shape index (κ1) is 21.9. The van der Waals surface area contributed by atoms with Crippen LogP contribution in [0.1, 0.15) is 16.7 Å². The topological polar surface area (TPSA) is 88.4 Å². The highest BCUT2D eigenvalue weighted by molar-refractivity contribution is 5.51. The van der Waals surface area contributed by atoms with Crippen molar-refractivity contribution < 1.29 is 29.5 Å². The minimum Gasteiger partial charge on any atom is -0.508 e. The molecule has 0 saturated heterocycles. The lowest BCUT2D eigenvalue weighted by Crippen LogP contribution is -2.04. The Kier molecular flexibility index (Phi) is 6.85. The number of phenols is 3. The molecule has 0 aromatic heterocycles. The third-order valence-electron chi connectivity index (χ3n) is 4.85. The van der Waals surface area contributed by atoms with Crippen molar-refractivity contribution in [2.24, 2.45) is 0 Å². The lowest BCUT2D eigenvalue weighted by atomic mass is 10.2. The van der Waals surface area contributed by atoms with E-state index in [-0.39, 0.29) is 37.1 Å². The van der Waals surface area contributed by atoms with Crippen molar-refractivity contribution in [1.82, 2.24) is 0 Å². The fourth-order valence-electron chi connectivity index (χ4n) is 3.28. The standard InChI is InChI=1S/C27H24O6/c28-22-8-1-5-19(13-22)16-31-25-11-4-12-26(32-17-20-6-2-9-23(29)14-20)27(25)33-18-21-7-3-10-24(30)15-21/h1-15,28-30H,16-18H2. The van der Waals surface area contributed by atoms with Gasteiger partial charge in [-0.05, 0) is 65.2 Å². The summed E-state index contributed by atoms with van der Waals surface area (Å²) in [5.41, 5.74) is 2.40. The maximum Gasteiger partial charge on any atom is 0.203 e. The van der Waals surface area contributed by atoms with E-state index in [0.717, 1.165) is 16.7 Å². The number of aromatic hydroxyl groups is 3. The van der Waals surface area contributed by atoms with E-state index < -0.39 is 0 Å². The van der Waals surface area contributed by atoms with Gasteiger partial charge in [-0.3, -0.25) is 0 Å². The molecule has 0 aliphatic heterocycles. The van der Waals surface area contributed by atoms with Gasteiger partial charge in [0.05, 0.1) is 0 Å². The minimum atomic E-state index is 0.157. The summed E-state index contributed by atoms with van der Waals surface area (Å²) in [7, 11) is 0. The molecule has 0 aliphatic carbocycles. The van der Waals surface area contributed by atoms with Crippen molar-refractivity contribution in [3.8, 4) is 34.5 Å². The molecule has 0 radical (unpaired) electrons. The first-order valence-electron chi connectivity index (χ1n) is 10.4. The maximum atomic E-state index is 9.74. The van der Waals surface area contributed by atoms with Gasteiger partial charge in [0.1, 0.15) is 37.1 Å². The molecule has 33 heavy (non-hydrogen) atoms. The predicted molar refractivity (Wildman–Crippen MR) is 124 cm³/mol. The Morgan fingerprint density at radius 1 is 0.455 bits per heavy atom. The van der Waals surface area contributed by atoms with Gasteiger partial charge in [0.15, 0.2) is 11.5 Å². The van der Waals surface area contributed by atoms with E-state index in [1.807, 2.05) is 18.2 Å². The molecule has 0 unspecified atom stereocenters. The Morgan fingerprint density at radius 3 is 1.21 bits per heavy atom. The van der Waals surface area contributed by atoms with Gasteiger partial charge in [0.2, 0.25) is 5.75 Å². The lowest BCUT2D eigenvalue weighted by Gasteiger charge is -2.17. The molecule has 0 bridgehead atoms. The normalized spacial score (nSPS) is 10.5. The number of ether oxygens (including phenoxy) is 3. The van der Waals surface area contributed by atoms with Crippen molar-refractivity contribution in [3.63, 3.8) is 0 Å². The molecular formula is C27H24O6. The zero-order chi connectivity index (χ0) is 23.0. The van der Waals surface area contributed by atoms with Gasteiger partial charge >= 0.3 is 0 Å². The number of phenolic OH excluding ortho intramolecular Hbond substituents is 3. The lowest BCUT2D eigenvalue weighted by molar-refractivity contribution is 0.229. The highest BCUT2D eigenvalue weighted by Crippen LogP contribution is 2.39. The number of rotatable bonds is 9. The molecule has 0 fully saturated rings. The average Bonchev–Trinajstić information content (AvgIpc) is 2.81. The zero-order valence-corrected chi connectivity index (χ0v) is 17.8. The summed E-state index contributed by atoms with van der Waals surface area (Å²) in [6.45, 7) is 0.656. The summed E-state index contributed by atoms with van der Waals surface area (Å²) >= 11 is 0. The Balaban J connectivity index is 1.56. The van der Waals surface area contributed by atoms with Crippen LogP contribution in [0.3, 0.4) is 0 Å². The first-order valence-corrected chi connectivity index (χ1v) is 10.4. The molecule has 4 aromatic rings. The van der Waals surface area contributed by atoms with E-state index in [1.165, 1.54) is 0 Å². The van der Waals surface area contributed by atoms with Gasteiger partial charge in [0.25, 0.3) is 0 Å². The predicted octanol–water partition coefficient (Wildman–Crippen LogP) is 5.54. The quantitative estimate of drug-likeness (QED) is 0.314. The van der Waals surface area contributed by atoms with Gasteiger partial charge in [-0.15, -0.1) is 0 Å². The van der Waals surface area contributed by atoms with E-state index in [2.05, 4.69) is 0 Å². The molecule has 3 N–H and O–H groups in total. The van der Waals surface area contributed by atoms with Crippen LogP contribution in [0.15, 0.2) is 91.0 Å². The fourth-order valence-corrected chi connectivity index (χ4v) is 3.28. The number of hydrogen-bond acceptors (Lipinski definition) is 6. The third kappa shape index (κ3) is 6.11. The van der Waals surface area contributed by atoms with Crippen LogP contribution in [0.4, 0.5) is 0 Å². The molecule has 6 nitrogen and oxygen atoms in total. The van der Waals surface area contributed by atoms with Crippen LogP contribution in [-0.4, -0.2) is 15.3 Å². The van der Waals surface area contributed by atoms with E-state index in [1.54, 1.807) is 72.8 Å². The molecular weight excluding hydrogens is 420 g/mol. The molecule has 0 aliphatic rings. The Labute approximate surface area is 191 Å². The van der Waals surface area contributed by atoms with Crippen LogP contribution in [0.5, 0.6) is 34.5 Å². The maximum absolute atomic E-state index is 9.74. The largest absolute Gasteiger partial charge is 0.508 e. The van der Waals surface area contributed by atoms with E-state index >= 15 is 0 Å². The average molecular weight is 444 g/mol. The van der Waals surface area contributed by atoms with Crippen LogP contribution in [-0.2, 0) is 19.8 Å². The van der Waals surface area contributed by atoms with Crippen molar-refractivity contribution in [2.75, 3.05) is 0 Å². The highest BCUT2D eigenvalue weighted by atomic mass is 16.5. The van der Waals surface area contributed by atoms with Gasteiger partial charge in [0, 0.05) is 0 Å². The summed E-state index contributed by atoms with van der Waals surface area (Å²) in [5, 5.41) is 29.1. The Hall–Kier alpha value is -4.32. The van der Waals surface area contributed by atoms with Crippen LogP contribution in [0.2, 0.25) is 0 Å². The summed E-state index contributed by atoms with van der Waals surface area (Å²) in [5.74, 6) is 1.86. The van der Waals surface area contributed by atoms with Crippen molar-refractivity contribution in [3.05, 3.63) is 108 Å². The molecule has 0 saturated carbocycles. The molecule has 4 aromatic carbocycles. The van der Waals surface area contributed by atoms with Crippen LogP contribution in [0.25, 0.3) is 0 Å². The van der Waals surface area contributed by atoms with E-state index in [0.29, 0.717) is 17.2 Å². The second-order valence-electron chi connectivity index (χ2n) is 7.46. The highest BCUT2D eigenvalue weighted by Gasteiger charge is 2.14. The van der Waals surface area contributed by atoms with Gasteiger partial charge in [-0.25, -0.2) is 0 Å². The Morgan fingerprint density at radius 2 is 0.818 bits per heavy atom. The fraction of sp³-hybridized carbons (Fsp3) is 0.111. The second kappa shape index (κ2) is 10.3. The molecule has 168 valence electrons. The molecule has 0 amide bonds. The SMILES string of the molecule is Oc1cccc(COc2cccc(OCc3cccc(O)c3)c2OCc2cccc(O)c2)c1.